The Morgan fingerprint density at radius 2 is 1.97 bits per heavy atom. The number of anilines is 4. The molecular weight excluding hydrogens is 422 g/mol. The topological polar surface area (TPSA) is 138 Å². The van der Waals surface area contributed by atoms with E-state index >= 15 is 0 Å². The van der Waals surface area contributed by atoms with Crippen LogP contribution < -0.4 is 21.3 Å². The maximum Gasteiger partial charge on any atom is 0.227 e. The molecule has 0 unspecified atom stereocenters. The minimum atomic E-state index is -0.300. The second-order valence-corrected chi connectivity index (χ2v) is 7.84. The SMILES string of the molecule is Nc1nccc2cc(NC(=O)CCC(=O)N(CCO)c3ccc4c(c3)NC(=O)CC4)ccc12. The van der Waals surface area contributed by atoms with Crippen LogP contribution in [0.15, 0.2) is 48.7 Å². The number of nitrogens with one attached hydrogen (secondary N) is 2. The lowest BCUT2D eigenvalue weighted by molar-refractivity contribution is -0.122. The quantitative estimate of drug-likeness (QED) is 0.439. The summed E-state index contributed by atoms with van der Waals surface area (Å²) in [6, 6.07) is 12.5. The molecule has 0 saturated heterocycles. The second kappa shape index (κ2) is 9.66. The number of carbonyl (C=O) groups is 3. The molecule has 0 fully saturated rings. The molecule has 0 radical (unpaired) electrons. The number of carbonyl (C=O) groups excluding carboxylic acids is 3. The molecule has 1 aliphatic heterocycles. The van der Waals surface area contributed by atoms with E-state index in [-0.39, 0.29) is 43.7 Å². The lowest BCUT2D eigenvalue weighted by Crippen LogP contribution is -2.34. The fourth-order valence-corrected chi connectivity index (χ4v) is 3.88. The molecule has 0 spiro atoms. The summed E-state index contributed by atoms with van der Waals surface area (Å²) in [6.07, 6.45) is 2.64. The van der Waals surface area contributed by atoms with Gasteiger partial charge in [0, 0.05) is 54.5 Å². The van der Waals surface area contributed by atoms with Gasteiger partial charge in [0.2, 0.25) is 17.7 Å². The molecule has 5 N–H and O–H groups in total. The van der Waals surface area contributed by atoms with Gasteiger partial charge in [0.05, 0.1) is 6.61 Å². The van der Waals surface area contributed by atoms with Gasteiger partial charge in [0.15, 0.2) is 0 Å². The molecule has 1 aliphatic rings. The summed E-state index contributed by atoms with van der Waals surface area (Å²) in [4.78, 5) is 42.5. The maximum atomic E-state index is 12.9. The normalized spacial score (nSPS) is 12.7. The van der Waals surface area contributed by atoms with Crippen molar-refractivity contribution in [2.24, 2.45) is 0 Å². The zero-order chi connectivity index (χ0) is 23.4. The number of hydrogen-bond donors (Lipinski definition) is 4. The highest BCUT2D eigenvalue weighted by molar-refractivity contribution is 6.01. The lowest BCUT2D eigenvalue weighted by atomic mass is 10.0. The number of fused-ring (bicyclic) bond motifs is 2. The van der Waals surface area contributed by atoms with Gasteiger partial charge in [-0.25, -0.2) is 4.98 Å². The number of pyridine rings is 1. The van der Waals surface area contributed by atoms with Crippen molar-refractivity contribution in [1.82, 2.24) is 4.98 Å². The Kier molecular flexibility index (Phi) is 6.50. The Morgan fingerprint density at radius 3 is 2.79 bits per heavy atom. The van der Waals surface area contributed by atoms with Gasteiger partial charge in [-0.15, -0.1) is 0 Å². The summed E-state index contributed by atoms with van der Waals surface area (Å²) in [5, 5.41) is 16.7. The van der Waals surface area contributed by atoms with Crippen LogP contribution in [-0.2, 0) is 20.8 Å². The minimum Gasteiger partial charge on any atom is -0.395 e. The Labute approximate surface area is 190 Å². The van der Waals surface area contributed by atoms with Gasteiger partial charge in [-0.3, -0.25) is 14.4 Å². The predicted octanol–water partition coefficient (Wildman–Crippen LogP) is 2.45. The first-order valence-electron chi connectivity index (χ1n) is 10.7. The van der Waals surface area contributed by atoms with Gasteiger partial charge in [0.25, 0.3) is 0 Å². The van der Waals surface area contributed by atoms with Crippen LogP contribution in [0.1, 0.15) is 24.8 Å². The smallest absolute Gasteiger partial charge is 0.227 e. The average molecular weight is 447 g/mol. The predicted molar refractivity (Wildman–Crippen MR) is 127 cm³/mol. The van der Waals surface area contributed by atoms with E-state index in [1.54, 1.807) is 42.6 Å². The summed E-state index contributed by atoms with van der Waals surface area (Å²) in [7, 11) is 0. The van der Waals surface area contributed by atoms with Crippen molar-refractivity contribution in [1.29, 1.82) is 0 Å². The molecule has 0 bridgehead atoms. The third kappa shape index (κ3) is 5.09. The number of nitrogen functional groups attached to an aromatic ring is 1. The van der Waals surface area contributed by atoms with Crippen molar-refractivity contribution >= 4 is 51.4 Å². The summed E-state index contributed by atoms with van der Waals surface area (Å²) >= 11 is 0. The van der Waals surface area contributed by atoms with E-state index in [0.29, 0.717) is 35.7 Å². The largest absolute Gasteiger partial charge is 0.395 e. The van der Waals surface area contributed by atoms with E-state index in [4.69, 9.17) is 5.73 Å². The van der Waals surface area contributed by atoms with Crippen LogP contribution in [0.25, 0.3) is 10.8 Å². The maximum absolute atomic E-state index is 12.9. The van der Waals surface area contributed by atoms with E-state index < -0.39 is 0 Å². The molecule has 9 nitrogen and oxygen atoms in total. The molecule has 0 saturated carbocycles. The second-order valence-electron chi connectivity index (χ2n) is 7.84. The monoisotopic (exact) mass is 447 g/mol. The number of hydrogen-bond acceptors (Lipinski definition) is 6. The molecule has 0 atom stereocenters. The van der Waals surface area contributed by atoms with E-state index in [0.717, 1.165) is 16.3 Å². The van der Waals surface area contributed by atoms with Gasteiger partial charge in [0.1, 0.15) is 5.82 Å². The number of nitrogens with two attached hydrogens (primary N) is 1. The number of aryl methyl sites for hydroxylation is 1. The van der Waals surface area contributed by atoms with Gasteiger partial charge >= 0.3 is 0 Å². The molecule has 170 valence electrons. The number of amides is 3. The minimum absolute atomic E-state index is 0.0149. The van der Waals surface area contributed by atoms with Crippen LogP contribution in [0.2, 0.25) is 0 Å². The van der Waals surface area contributed by atoms with Crippen LogP contribution in [0.4, 0.5) is 22.9 Å². The molecule has 4 rings (SSSR count). The van der Waals surface area contributed by atoms with Crippen LogP contribution in [-0.4, -0.2) is 41.0 Å². The number of nitrogens with zero attached hydrogens (tertiary/aromatic N) is 2. The Balaban J connectivity index is 1.40. The highest BCUT2D eigenvalue weighted by Crippen LogP contribution is 2.28. The van der Waals surface area contributed by atoms with Gasteiger partial charge in [-0.1, -0.05) is 6.07 Å². The fourth-order valence-electron chi connectivity index (χ4n) is 3.88. The molecule has 9 heteroatoms. The van der Waals surface area contributed by atoms with E-state index in [9.17, 15) is 19.5 Å². The van der Waals surface area contributed by atoms with Crippen molar-refractivity contribution in [3.8, 4) is 0 Å². The van der Waals surface area contributed by atoms with Crippen LogP contribution in [0.3, 0.4) is 0 Å². The molecular formula is C24H25N5O4. The van der Waals surface area contributed by atoms with Crippen LogP contribution in [0, 0.1) is 0 Å². The van der Waals surface area contributed by atoms with Gasteiger partial charge < -0.3 is 26.4 Å². The van der Waals surface area contributed by atoms with E-state index in [2.05, 4.69) is 15.6 Å². The Bertz CT molecular complexity index is 1230. The Hall–Kier alpha value is -3.98. The number of rotatable bonds is 7. The number of benzene rings is 2. The molecule has 2 aromatic carbocycles. The van der Waals surface area contributed by atoms with E-state index in [1.165, 1.54) is 4.90 Å². The zero-order valence-electron chi connectivity index (χ0n) is 18.0. The zero-order valence-corrected chi connectivity index (χ0v) is 18.0. The first kappa shape index (κ1) is 22.2. The highest BCUT2D eigenvalue weighted by Gasteiger charge is 2.20. The van der Waals surface area contributed by atoms with Crippen molar-refractivity contribution < 1.29 is 19.5 Å². The fraction of sp³-hybridized carbons (Fsp3) is 0.250. The third-order valence-electron chi connectivity index (χ3n) is 5.57. The van der Waals surface area contributed by atoms with Crippen molar-refractivity contribution in [3.05, 3.63) is 54.2 Å². The molecule has 1 aromatic heterocycles. The lowest BCUT2D eigenvalue weighted by Gasteiger charge is -2.25. The average Bonchev–Trinajstić information content (AvgIpc) is 2.80. The molecule has 3 aromatic rings. The molecule has 0 aliphatic carbocycles. The van der Waals surface area contributed by atoms with Gasteiger partial charge in [-0.05, 0) is 53.8 Å². The molecule has 2 heterocycles. The summed E-state index contributed by atoms with van der Waals surface area (Å²) in [5.74, 6) is -0.240. The molecule has 33 heavy (non-hydrogen) atoms. The van der Waals surface area contributed by atoms with Crippen molar-refractivity contribution in [2.45, 2.75) is 25.7 Å². The van der Waals surface area contributed by atoms with Crippen LogP contribution >= 0.6 is 0 Å². The third-order valence-corrected chi connectivity index (χ3v) is 5.57. The summed E-state index contributed by atoms with van der Waals surface area (Å²) < 4.78 is 0. The van der Waals surface area contributed by atoms with Gasteiger partial charge in [-0.2, -0.15) is 0 Å². The van der Waals surface area contributed by atoms with E-state index in [1.807, 2.05) is 6.07 Å². The summed E-state index contributed by atoms with van der Waals surface area (Å²) in [6.45, 7) is -0.135. The Morgan fingerprint density at radius 1 is 1.12 bits per heavy atom. The van der Waals surface area contributed by atoms with Crippen molar-refractivity contribution in [2.75, 3.05) is 34.4 Å². The highest BCUT2D eigenvalue weighted by atomic mass is 16.3. The first-order chi connectivity index (χ1) is 15.9. The van der Waals surface area contributed by atoms with Crippen LogP contribution in [0.5, 0.6) is 0 Å². The first-order valence-corrected chi connectivity index (χ1v) is 10.7. The number of aliphatic hydroxyl groups is 1. The number of aromatic nitrogens is 1. The molecule has 3 amide bonds. The number of aliphatic hydroxyl groups excluding tert-OH is 1. The van der Waals surface area contributed by atoms with Crippen molar-refractivity contribution in [3.63, 3.8) is 0 Å². The summed E-state index contributed by atoms with van der Waals surface area (Å²) in [5.41, 5.74) is 8.69. The standard InChI is InChI=1S/C24H25N5O4/c25-24-19-5-3-17(13-16(19)9-10-26-24)27-21(31)7-8-23(33)29(11-12-30)18-4-1-15-2-6-22(32)28-20(15)14-18/h1,3-5,9-10,13-14,30H,2,6-8,11-12H2,(H2,25,26)(H,27,31)(H,28,32).